The van der Waals surface area contributed by atoms with E-state index in [9.17, 15) is 0 Å². The number of aromatic nitrogens is 1. The van der Waals surface area contributed by atoms with Gasteiger partial charge in [-0.2, -0.15) is 0 Å². The molecule has 0 saturated heterocycles. The molecule has 1 aliphatic heterocycles. The summed E-state index contributed by atoms with van der Waals surface area (Å²) in [5.41, 5.74) is 3.63. The minimum absolute atomic E-state index is 0.644. The molecule has 2 aromatic rings. The molecule has 1 N–H and O–H groups in total. The van der Waals surface area contributed by atoms with Gasteiger partial charge in [0, 0.05) is 11.8 Å². The zero-order valence-electron chi connectivity index (χ0n) is 7.38. The largest absolute Gasteiger partial charge is 0.410 e. The zero-order valence-corrected chi connectivity index (χ0v) is 7.38. The summed E-state index contributed by atoms with van der Waals surface area (Å²) in [5.74, 6) is 0. The van der Waals surface area contributed by atoms with Crippen LogP contribution in [0.5, 0.6) is 0 Å². The van der Waals surface area contributed by atoms with Gasteiger partial charge < -0.3 is 9.77 Å². The molecule has 0 spiro atoms. The van der Waals surface area contributed by atoms with Crippen LogP contribution < -0.4 is 0 Å². The lowest BCUT2D eigenvalue weighted by atomic mass is 10.1. The van der Waals surface area contributed by atoms with Crippen molar-refractivity contribution in [1.82, 2.24) is 4.57 Å². The van der Waals surface area contributed by atoms with Gasteiger partial charge in [-0.3, -0.25) is 0 Å². The van der Waals surface area contributed by atoms with Crippen molar-refractivity contribution in [3.63, 3.8) is 0 Å². The Balaban J connectivity index is 2.42. The number of benzene rings is 1. The van der Waals surface area contributed by atoms with E-state index in [0.717, 1.165) is 16.9 Å². The molecule has 0 fully saturated rings. The molecule has 0 amide bonds. The van der Waals surface area contributed by atoms with E-state index < -0.39 is 0 Å². The second kappa shape index (κ2) is 2.48. The first-order valence-electron chi connectivity index (χ1n) is 4.41. The second-order valence-corrected chi connectivity index (χ2v) is 3.23. The highest BCUT2D eigenvalue weighted by atomic mass is 16.4. The molecule has 0 saturated carbocycles. The highest BCUT2D eigenvalue weighted by Gasteiger charge is 2.23. The van der Waals surface area contributed by atoms with Crippen LogP contribution in [0.2, 0.25) is 0 Å². The van der Waals surface area contributed by atoms with Gasteiger partial charge in [-0.1, -0.05) is 23.4 Å². The molecule has 1 aromatic carbocycles. The second-order valence-electron chi connectivity index (χ2n) is 3.23. The van der Waals surface area contributed by atoms with Crippen molar-refractivity contribution in [2.75, 3.05) is 0 Å². The third-order valence-electron chi connectivity index (χ3n) is 2.51. The van der Waals surface area contributed by atoms with Crippen molar-refractivity contribution < 1.29 is 5.21 Å². The molecule has 0 atom stereocenters. The van der Waals surface area contributed by atoms with Crippen molar-refractivity contribution in [3.05, 3.63) is 53.9 Å². The number of rotatable bonds is 0. The molecule has 1 aromatic heterocycles. The average Bonchev–Trinajstić information content (AvgIpc) is 2.77. The minimum Gasteiger partial charge on any atom is -0.410 e. The van der Waals surface area contributed by atoms with Gasteiger partial charge in [0.2, 0.25) is 0 Å². The first-order chi connectivity index (χ1) is 6.92. The zero-order chi connectivity index (χ0) is 9.54. The summed E-state index contributed by atoms with van der Waals surface area (Å²) in [4.78, 5) is 0. The maximum Gasteiger partial charge on any atom is 0.135 e. The number of hydrogen-bond acceptors (Lipinski definition) is 2. The van der Waals surface area contributed by atoms with Crippen LogP contribution in [0.15, 0.2) is 47.8 Å². The molecule has 3 nitrogen and oxygen atoms in total. The summed E-state index contributed by atoms with van der Waals surface area (Å²) in [5, 5.41) is 12.3. The van der Waals surface area contributed by atoms with Gasteiger partial charge in [0.25, 0.3) is 0 Å². The number of fused-ring (bicyclic) bond motifs is 3. The third-order valence-corrected chi connectivity index (χ3v) is 2.51. The van der Waals surface area contributed by atoms with Crippen LogP contribution >= 0.6 is 0 Å². The minimum atomic E-state index is 0.644. The van der Waals surface area contributed by atoms with Crippen LogP contribution in [0, 0.1) is 0 Å². The molecular weight excluding hydrogens is 176 g/mol. The van der Waals surface area contributed by atoms with Gasteiger partial charge in [-0.05, 0) is 18.2 Å². The number of oxime groups is 1. The van der Waals surface area contributed by atoms with Gasteiger partial charge in [0.1, 0.15) is 5.71 Å². The van der Waals surface area contributed by atoms with E-state index in [1.165, 1.54) is 0 Å². The Morgan fingerprint density at radius 3 is 2.79 bits per heavy atom. The lowest BCUT2D eigenvalue weighted by Gasteiger charge is -1.98. The molecule has 0 radical (unpaired) electrons. The Kier molecular flexibility index (Phi) is 1.31. The summed E-state index contributed by atoms with van der Waals surface area (Å²) in [7, 11) is 0. The smallest absolute Gasteiger partial charge is 0.135 e. The fraction of sp³-hybridized carbons (Fsp3) is 0. The summed E-state index contributed by atoms with van der Waals surface area (Å²) >= 11 is 0. The molecule has 1 aliphatic rings. The van der Waals surface area contributed by atoms with Gasteiger partial charge in [-0.15, -0.1) is 0 Å². The molecule has 3 rings (SSSR count). The highest BCUT2D eigenvalue weighted by Crippen LogP contribution is 2.27. The van der Waals surface area contributed by atoms with Gasteiger partial charge in [0.15, 0.2) is 0 Å². The van der Waals surface area contributed by atoms with E-state index in [-0.39, 0.29) is 0 Å². The third kappa shape index (κ3) is 0.738. The summed E-state index contributed by atoms with van der Waals surface area (Å²) in [6.07, 6.45) is 1.96. The molecule has 68 valence electrons. The maximum absolute atomic E-state index is 8.95. The Labute approximate surface area is 80.9 Å². The van der Waals surface area contributed by atoms with E-state index >= 15 is 0 Å². The Bertz CT molecular complexity index is 526. The van der Waals surface area contributed by atoms with Crippen LogP contribution in [0.1, 0.15) is 11.3 Å². The Morgan fingerprint density at radius 1 is 1.07 bits per heavy atom. The SMILES string of the molecule is ON=C1c2ccccc2-n2cccc21. The highest BCUT2D eigenvalue weighted by molar-refractivity contribution is 6.17. The first kappa shape index (κ1) is 7.38. The first-order valence-corrected chi connectivity index (χ1v) is 4.41. The monoisotopic (exact) mass is 184 g/mol. The number of para-hydroxylation sites is 1. The number of nitrogens with zero attached hydrogens (tertiary/aromatic N) is 2. The summed E-state index contributed by atoms with van der Waals surface area (Å²) < 4.78 is 2.02. The fourth-order valence-electron chi connectivity index (χ4n) is 1.91. The number of hydrogen-bond donors (Lipinski definition) is 1. The fourth-order valence-corrected chi connectivity index (χ4v) is 1.91. The molecule has 14 heavy (non-hydrogen) atoms. The molecular formula is C11H8N2O. The van der Waals surface area contributed by atoms with E-state index in [1.807, 2.05) is 47.2 Å². The van der Waals surface area contributed by atoms with Crippen molar-refractivity contribution in [1.29, 1.82) is 0 Å². The maximum atomic E-state index is 8.95. The summed E-state index contributed by atoms with van der Waals surface area (Å²) in [6, 6.07) is 11.8. The standard InChI is InChI=1S/C11H8N2O/c14-12-11-8-4-1-2-5-9(8)13-7-3-6-10(11)13/h1-7,14H. The van der Waals surface area contributed by atoms with Crippen molar-refractivity contribution >= 4 is 5.71 Å². The van der Waals surface area contributed by atoms with Gasteiger partial charge in [0.05, 0.1) is 11.4 Å². The van der Waals surface area contributed by atoms with Crippen LogP contribution in [0.25, 0.3) is 5.69 Å². The van der Waals surface area contributed by atoms with E-state index in [2.05, 4.69) is 5.16 Å². The quantitative estimate of drug-likeness (QED) is 0.421. The topological polar surface area (TPSA) is 37.5 Å². The predicted molar refractivity (Wildman–Crippen MR) is 53.2 cm³/mol. The van der Waals surface area contributed by atoms with E-state index in [4.69, 9.17) is 5.21 Å². The Morgan fingerprint density at radius 2 is 1.93 bits per heavy atom. The van der Waals surface area contributed by atoms with Crippen molar-refractivity contribution in [3.8, 4) is 5.69 Å². The van der Waals surface area contributed by atoms with Gasteiger partial charge in [-0.25, -0.2) is 0 Å². The van der Waals surface area contributed by atoms with Crippen LogP contribution in [0.3, 0.4) is 0 Å². The molecule has 0 bridgehead atoms. The average molecular weight is 184 g/mol. The van der Waals surface area contributed by atoms with Crippen LogP contribution in [-0.2, 0) is 0 Å². The molecule has 0 aliphatic carbocycles. The normalized spacial score (nSPS) is 15.6. The summed E-state index contributed by atoms with van der Waals surface area (Å²) in [6.45, 7) is 0. The van der Waals surface area contributed by atoms with Crippen LogP contribution in [-0.4, -0.2) is 15.5 Å². The van der Waals surface area contributed by atoms with Gasteiger partial charge >= 0.3 is 0 Å². The lowest BCUT2D eigenvalue weighted by Crippen LogP contribution is -1.97. The van der Waals surface area contributed by atoms with Crippen molar-refractivity contribution in [2.45, 2.75) is 0 Å². The van der Waals surface area contributed by atoms with E-state index in [0.29, 0.717) is 5.71 Å². The van der Waals surface area contributed by atoms with Crippen LogP contribution in [0.4, 0.5) is 0 Å². The molecule has 3 heteroatoms. The predicted octanol–water partition coefficient (Wildman–Crippen LogP) is 2.02. The molecule has 2 heterocycles. The Hall–Kier alpha value is -2.03. The molecule has 0 unspecified atom stereocenters. The lowest BCUT2D eigenvalue weighted by molar-refractivity contribution is 0.319. The van der Waals surface area contributed by atoms with Crippen molar-refractivity contribution in [2.24, 2.45) is 5.16 Å². The van der Waals surface area contributed by atoms with E-state index in [1.54, 1.807) is 0 Å².